The Labute approximate surface area is 92.4 Å². The summed E-state index contributed by atoms with van der Waals surface area (Å²) in [6, 6.07) is 1.82. The van der Waals surface area contributed by atoms with E-state index in [1.165, 1.54) is 0 Å². The van der Waals surface area contributed by atoms with Crippen molar-refractivity contribution in [1.82, 2.24) is 14.5 Å². The van der Waals surface area contributed by atoms with E-state index >= 15 is 0 Å². The third kappa shape index (κ3) is 1.73. The first kappa shape index (κ1) is 9.79. The molecule has 0 aliphatic rings. The molecule has 0 bridgehead atoms. The summed E-state index contributed by atoms with van der Waals surface area (Å²) < 4.78 is 1.62. The predicted octanol–water partition coefficient (Wildman–Crippen LogP) is 1.26. The number of thiocarbonyl (C=S) groups is 1. The summed E-state index contributed by atoms with van der Waals surface area (Å²) in [5, 5.41) is 0.264. The van der Waals surface area contributed by atoms with Crippen molar-refractivity contribution in [3.05, 3.63) is 43.2 Å². The number of hydrogen-bond donors (Lipinski definition) is 1. The minimum atomic E-state index is 0.264. The Morgan fingerprint density at radius 1 is 1.60 bits per heavy atom. The highest BCUT2D eigenvalue weighted by atomic mass is 32.1. The van der Waals surface area contributed by atoms with Gasteiger partial charge in [-0.3, -0.25) is 4.57 Å². The maximum Gasteiger partial charge on any atom is 0.176 e. The van der Waals surface area contributed by atoms with Gasteiger partial charge in [-0.15, -0.1) is 6.58 Å². The molecule has 1 radical (unpaired) electrons. The van der Waals surface area contributed by atoms with E-state index in [1.807, 2.05) is 6.07 Å². The number of rotatable bonds is 2. The third-order valence-electron chi connectivity index (χ3n) is 1.93. The molecule has 0 aliphatic heterocycles. The number of hydrogen-bond acceptors (Lipinski definition) is 3. The van der Waals surface area contributed by atoms with Gasteiger partial charge in [0.25, 0.3) is 0 Å². The van der Waals surface area contributed by atoms with Crippen LogP contribution in [0.3, 0.4) is 0 Å². The second-order valence-corrected chi connectivity index (χ2v) is 3.35. The molecule has 0 spiro atoms. The van der Waals surface area contributed by atoms with Crippen LogP contribution in [0, 0.1) is 6.42 Å². The van der Waals surface area contributed by atoms with E-state index in [0.717, 1.165) is 11.2 Å². The maximum absolute atomic E-state index is 5.52. The van der Waals surface area contributed by atoms with Crippen molar-refractivity contribution in [2.45, 2.75) is 0 Å². The molecule has 0 aliphatic carbocycles. The Morgan fingerprint density at radius 2 is 2.40 bits per heavy atom. The van der Waals surface area contributed by atoms with Crippen LogP contribution in [0.5, 0.6) is 0 Å². The first-order valence-corrected chi connectivity index (χ1v) is 4.73. The van der Waals surface area contributed by atoms with Gasteiger partial charge in [0.1, 0.15) is 5.52 Å². The van der Waals surface area contributed by atoms with Gasteiger partial charge < -0.3 is 5.73 Å². The standard InChI is InChI=1S/C10H9N4S/c1-2-3-7-6-12-9-8(13-7)4-5-14(9)10(11)15/h2-6H,1H2,(H2,11,15). The Hall–Kier alpha value is -1.75. The van der Waals surface area contributed by atoms with Crippen molar-refractivity contribution in [2.24, 2.45) is 5.73 Å². The van der Waals surface area contributed by atoms with E-state index in [-0.39, 0.29) is 5.11 Å². The van der Waals surface area contributed by atoms with Crippen LogP contribution in [-0.2, 0) is 0 Å². The Kier molecular flexibility index (Phi) is 2.47. The molecule has 0 aromatic carbocycles. The van der Waals surface area contributed by atoms with Gasteiger partial charge in [-0.1, -0.05) is 6.08 Å². The lowest BCUT2D eigenvalue weighted by Crippen LogP contribution is -2.18. The summed E-state index contributed by atoms with van der Waals surface area (Å²) in [6.07, 6.45) is 6.86. The first-order chi connectivity index (χ1) is 7.22. The fourth-order valence-electron chi connectivity index (χ4n) is 1.30. The van der Waals surface area contributed by atoms with Crippen LogP contribution < -0.4 is 5.73 Å². The van der Waals surface area contributed by atoms with Gasteiger partial charge in [0.2, 0.25) is 0 Å². The molecule has 0 saturated heterocycles. The average molecular weight is 217 g/mol. The number of aromatic nitrogens is 3. The van der Waals surface area contributed by atoms with E-state index < -0.39 is 0 Å². The smallest absolute Gasteiger partial charge is 0.176 e. The average Bonchev–Trinajstić information content (AvgIpc) is 2.61. The molecule has 2 aromatic rings. The zero-order valence-electron chi connectivity index (χ0n) is 7.92. The highest BCUT2D eigenvalue weighted by molar-refractivity contribution is 7.80. The summed E-state index contributed by atoms with van der Waals surface area (Å²) in [5.41, 5.74) is 7.72. The van der Waals surface area contributed by atoms with Crippen molar-refractivity contribution in [3.8, 4) is 0 Å². The zero-order chi connectivity index (χ0) is 10.8. The largest absolute Gasteiger partial charge is 0.376 e. The van der Waals surface area contributed by atoms with Gasteiger partial charge >= 0.3 is 0 Å². The van der Waals surface area contributed by atoms with Crippen molar-refractivity contribution in [2.75, 3.05) is 0 Å². The summed E-state index contributed by atoms with van der Waals surface area (Å²) in [7, 11) is 0. The van der Waals surface area contributed by atoms with Crippen LogP contribution in [0.25, 0.3) is 11.2 Å². The number of nitrogens with two attached hydrogens (primary N) is 1. The molecule has 2 rings (SSSR count). The summed E-state index contributed by atoms with van der Waals surface area (Å²) >= 11 is 4.88. The predicted molar refractivity (Wildman–Crippen MR) is 63.3 cm³/mol. The summed E-state index contributed by atoms with van der Waals surface area (Å²) in [5.74, 6) is 0. The van der Waals surface area contributed by atoms with Gasteiger partial charge in [0, 0.05) is 12.6 Å². The molecule has 5 heteroatoms. The highest BCUT2D eigenvalue weighted by Crippen LogP contribution is 2.11. The van der Waals surface area contributed by atoms with Crippen molar-refractivity contribution >= 4 is 28.5 Å². The number of allylic oxidation sites excluding steroid dienone is 1. The van der Waals surface area contributed by atoms with Crippen molar-refractivity contribution in [1.29, 1.82) is 0 Å². The molecule has 15 heavy (non-hydrogen) atoms. The molecule has 0 unspecified atom stereocenters. The molecule has 0 amide bonds. The van der Waals surface area contributed by atoms with E-state index in [1.54, 1.807) is 29.5 Å². The minimum absolute atomic E-state index is 0.264. The molecule has 2 heterocycles. The topological polar surface area (TPSA) is 56.7 Å². The molecule has 0 fully saturated rings. The molecule has 0 saturated carbocycles. The van der Waals surface area contributed by atoms with E-state index in [4.69, 9.17) is 18.0 Å². The van der Waals surface area contributed by atoms with Crippen LogP contribution in [0.1, 0.15) is 5.69 Å². The van der Waals surface area contributed by atoms with E-state index in [0.29, 0.717) is 5.65 Å². The summed E-state index contributed by atoms with van der Waals surface area (Å²) in [4.78, 5) is 8.58. The van der Waals surface area contributed by atoms with Crippen LogP contribution in [0.2, 0.25) is 0 Å². The number of fused-ring (bicyclic) bond motifs is 1. The molecule has 4 nitrogen and oxygen atoms in total. The molecule has 2 N–H and O–H groups in total. The number of nitrogens with zero attached hydrogens (tertiary/aromatic N) is 3. The fourth-order valence-corrected chi connectivity index (χ4v) is 1.45. The van der Waals surface area contributed by atoms with E-state index in [2.05, 4.69) is 16.5 Å². The SMILES string of the molecule is C=C[CH]c1cnc2c(ccn2C(N)=S)n1. The Balaban J connectivity index is 2.56. The highest BCUT2D eigenvalue weighted by Gasteiger charge is 2.05. The third-order valence-corrected chi connectivity index (χ3v) is 2.13. The van der Waals surface area contributed by atoms with Crippen LogP contribution in [0.15, 0.2) is 31.1 Å². The van der Waals surface area contributed by atoms with Crippen molar-refractivity contribution < 1.29 is 0 Å². The second kappa shape index (κ2) is 3.78. The van der Waals surface area contributed by atoms with Crippen LogP contribution in [0.4, 0.5) is 0 Å². The summed E-state index contributed by atoms with van der Waals surface area (Å²) in [6.45, 7) is 3.60. The lowest BCUT2D eigenvalue weighted by Gasteiger charge is -2.00. The molecule has 0 atom stereocenters. The van der Waals surface area contributed by atoms with Gasteiger partial charge in [0.15, 0.2) is 10.8 Å². The Bertz CT molecular complexity index is 529. The van der Waals surface area contributed by atoms with E-state index in [9.17, 15) is 0 Å². The van der Waals surface area contributed by atoms with Crippen molar-refractivity contribution in [3.63, 3.8) is 0 Å². The monoisotopic (exact) mass is 217 g/mol. The van der Waals surface area contributed by atoms with Gasteiger partial charge in [-0.05, 0) is 18.3 Å². The lowest BCUT2D eigenvalue weighted by molar-refractivity contribution is 1.14. The van der Waals surface area contributed by atoms with Gasteiger partial charge in [-0.25, -0.2) is 9.97 Å². The fraction of sp³-hybridized carbons (Fsp3) is 0. The lowest BCUT2D eigenvalue weighted by atomic mass is 10.3. The molecular weight excluding hydrogens is 208 g/mol. The normalized spacial score (nSPS) is 10.4. The molecule has 2 aromatic heterocycles. The maximum atomic E-state index is 5.52. The van der Waals surface area contributed by atoms with Crippen LogP contribution >= 0.6 is 12.2 Å². The van der Waals surface area contributed by atoms with Gasteiger partial charge in [-0.2, -0.15) is 0 Å². The van der Waals surface area contributed by atoms with Crippen LogP contribution in [-0.4, -0.2) is 19.6 Å². The Morgan fingerprint density at radius 3 is 3.07 bits per heavy atom. The first-order valence-electron chi connectivity index (χ1n) is 4.32. The quantitative estimate of drug-likeness (QED) is 0.769. The molecule has 75 valence electrons. The zero-order valence-corrected chi connectivity index (χ0v) is 8.74. The second-order valence-electron chi connectivity index (χ2n) is 2.93. The molecular formula is C10H9N4S. The minimum Gasteiger partial charge on any atom is -0.376 e. The van der Waals surface area contributed by atoms with Gasteiger partial charge in [0.05, 0.1) is 11.9 Å².